The van der Waals surface area contributed by atoms with Crippen LogP contribution in [-0.2, 0) is 4.79 Å². The number of hydrogen-bond acceptors (Lipinski definition) is 7. The summed E-state index contributed by atoms with van der Waals surface area (Å²) in [7, 11) is 0. The van der Waals surface area contributed by atoms with Gasteiger partial charge in [-0.05, 0) is 44.9 Å². The average molecular weight is 386 g/mol. The van der Waals surface area contributed by atoms with E-state index in [9.17, 15) is 4.79 Å². The number of carbonyl (C=O) groups excluding carboxylic acids is 1. The summed E-state index contributed by atoms with van der Waals surface area (Å²) < 4.78 is 0. The van der Waals surface area contributed by atoms with Gasteiger partial charge < -0.3 is 21.7 Å². The summed E-state index contributed by atoms with van der Waals surface area (Å²) in [5.74, 6) is 0.873. The number of carbonyl (C=O) groups is 1. The van der Waals surface area contributed by atoms with Crippen molar-refractivity contribution in [3.8, 4) is 0 Å². The lowest BCUT2D eigenvalue weighted by molar-refractivity contribution is -0.123. The molecule has 0 bridgehead atoms. The number of aromatic nitrogens is 3. The number of fused-ring (bicyclic) bond motifs is 1. The number of nitrogens with two attached hydrogens (primary N) is 1. The molecule has 1 fully saturated rings. The molecule has 1 unspecified atom stereocenters. The van der Waals surface area contributed by atoms with Crippen LogP contribution < -0.4 is 21.7 Å². The minimum atomic E-state index is -0.369. The van der Waals surface area contributed by atoms with Gasteiger partial charge in [0.1, 0.15) is 5.52 Å². The van der Waals surface area contributed by atoms with Gasteiger partial charge in [0.15, 0.2) is 5.82 Å². The highest BCUT2D eigenvalue weighted by Crippen LogP contribution is 2.25. The Balaban J connectivity index is 1.76. The number of hydrogen-bond donors (Lipinski definition) is 4. The smallest absolute Gasteiger partial charge is 0.237 e. The summed E-state index contributed by atoms with van der Waals surface area (Å²) in [4.78, 5) is 25.6. The number of anilines is 2. The molecule has 0 aliphatic carbocycles. The Morgan fingerprint density at radius 2 is 2.25 bits per heavy atom. The van der Waals surface area contributed by atoms with Gasteiger partial charge in [0.25, 0.3) is 0 Å². The van der Waals surface area contributed by atoms with Crippen molar-refractivity contribution in [2.45, 2.75) is 64.0 Å². The maximum Gasteiger partial charge on any atom is 0.237 e. The first kappa shape index (κ1) is 20.3. The zero-order valence-corrected chi connectivity index (χ0v) is 16.8. The van der Waals surface area contributed by atoms with E-state index in [1.807, 2.05) is 12.1 Å². The van der Waals surface area contributed by atoms with Crippen molar-refractivity contribution in [3.63, 3.8) is 0 Å². The summed E-state index contributed by atoms with van der Waals surface area (Å²) in [6.45, 7) is 5.67. The Morgan fingerprint density at radius 1 is 1.39 bits per heavy atom. The van der Waals surface area contributed by atoms with Crippen LogP contribution in [0.1, 0.15) is 52.4 Å². The third-order valence-corrected chi connectivity index (χ3v) is 5.25. The Morgan fingerprint density at radius 3 is 3.00 bits per heavy atom. The van der Waals surface area contributed by atoms with Gasteiger partial charge in [0, 0.05) is 12.7 Å². The number of piperidine rings is 1. The predicted octanol–water partition coefficient (Wildman–Crippen LogP) is 2.23. The standard InChI is InChI=1S/C20H31N7O/c1-3-4-10-20(2,13-24-18(28)15-8-5-6-11-22-15)27-17-16-14(9-7-12-23-16)25-19(21)26-17/h7,9,12,15,22H,3-6,8,10-11,13H2,1-2H3,(H,24,28)(H3,21,25,26,27)/t15-,20?/m0/s1. The van der Waals surface area contributed by atoms with Gasteiger partial charge in [-0.1, -0.05) is 26.2 Å². The summed E-state index contributed by atoms with van der Waals surface area (Å²) in [6, 6.07) is 3.60. The lowest BCUT2D eigenvalue weighted by Crippen LogP contribution is -2.52. The molecule has 28 heavy (non-hydrogen) atoms. The first-order chi connectivity index (χ1) is 13.5. The molecule has 8 nitrogen and oxygen atoms in total. The zero-order chi connectivity index (χ0) is 20.0. The van der Waals surface area contributed by atoms with Crippen molar-refractivity contribution < 1.29 is 4.79 Å². The first-order valence-electron chi connectivity index (χ1n) is 10.2. The third-order valence-electron chi connectivity index (χ3n) is 5.25. The van der Waals surface area contributed by atoms with Gasteiger partial charge >= 0.3 is 0 Å². The third kappa shape index (κ3) is 5.07. The molecule has 5 N–H and O–H groups in total. The Hall–Kier alpha value is -2.48. The van der Waals surface area contributed by atoms with Crippen molar-refractivity contribution in [1.29, 1.82) is 0 Å². The van der Waals surface area contributed by atoms with Gasteiger partial charge in [0.05, 0.1) is 17.1 Å². The number of pyridine rings is 1. The molecule has 0 aromatic carbocycles. The first-order valence-corrected chi connectivity index (χ1v) is 10.2. The minimum absolute atomic E-state index is 0.0643. The lowest BCUT2D eigenvalue weighted by Gasteiger charge is -2.33. The Kier molecular flexibility index (Phi) is 6.61. The number of nitrogen functional groups attached to an aromatic ring is 1. The van der Waals surface area contributed by atoms with E-state index in [0.717, 1.165) is 45.1 Å². The molecule has 1 aliphatic rings. The number of nitrogens with zero attached hydrogens (tertiary/aromatic N) is 3. The van der Waals surface area contributed by atoms with Crippen LogP contribution in [-0.4, -0.2) is 45.5 Å². The van der Waals surface area contributed by atoms with Crippen LogP contribution in [0, 0.1) is 0 Å². The van der Waals surface area contributed by atoms with Gasteiger partial charge in [-0.2, -0.15) is 4.98 Å². The fourth-order valence-electron chi connectivity index (χ4n) is 3.60. The van der Waals surface area contributed by atoms with E-state index < -0.39 is 0 Å². The Bertz CT molecular complexity index is 806. The van der Waals surface area contributed by atoms with Crippen LogP contribution >= 0.6 is 0 Å². The van der Waals surface area contributed by atoms with Crippen LogP contribution in [0.2, 0.25) is 0 Å². The van der Waals surface area contributed by atoms with Crippen LogP contribution in [0.15, 0.2) is 18.3 Å². The fraction of sp³-hybridized carbons (Fsp3) is 0.600. The molecule has 0 saturated carbocycles. The van der Waals surface area contributed by atoms with Crippen molar-refractivity contribution in [3.05, 3.63) is 18.3 Å². The molecule has 2 aromatic heterocycles. The summed E-state index contributed by atoms with van der Waals surface area (Å²) in [5.41, 5.74) is 6.91. The number of amides is 1. The number of unbranched alkanes of at least 4 members (excludes halogenated alkanes) is 1. The molecule has 0 spiro atoms. The molecule has 1 aliphatic heterocycles. The van der Waals surface area contributed by atoms with Crippen molar-refractivity contribution in [1.82, 2.24) is 25.6 Å². The van der Waals surface area contributed by atoms with Crippen molar-refractivity contribution in [2.24, 2.45) is 0 Å². The number of nitrogens with one attached hydrogen (secondary N) is 3. The SMILES string of the molecule is CCCCC(C)(CNC(=O)[C@@H]1CCCCN1)Nc1nc(N)nc2cccnc12. The molecule has 3 heterocycles. The highest BCUT2D eigenvalue weighted by Gasteiger charge is 2.28. The second-order valence-electron chi connectivity index (χ2n) is 7.81. The van der Waals surface area contributed by atoms with Gasteiger partial charge in [-0.15, -0.1) is 0 Å². The molecule has 0 radical (unpaired) electrons. The zero-order valence-electron chi connectivity index (χ0n) is 16.8. The molecule has 2 aromatic rings. The average Bonchev–Trinajstić information content (AvgIpc) is 2.71. The monoisotopic (exact) mass is 385 g/mol. The second kappa shape index (κ2) is 9.14. The lowest BCUT2D eigenvalue weighted by atomic mass is 9.94. The van der Waals surface area contributed by atoms with Crippen molar-refractivity contribution in [2.75, 3.05) is 24.1 Å². The Labute approximate surface area is 166 Å². The van der Waals surface area contributed by atoms with Crippen molar-refractivity contribution >= 4 is 28.7 Å². The predicted molar refractivity (Wildman–Crippen MR) is 112 cm³/mol. The normalized spacial score (nSPS) is 19.1. The van der Waals surface area contributed by atoms with Crippen LogP contribution in [0.4, 0.5) is 11.8 Å². The fourth-order valence-corrected chi connectivity index (χ4v) is 3.60. The second-order valence-corrected chi connectivity index (χ2v) is 7.81. The summed E-state index contributed by atoms with van der Waals surface area (Å²) in [5, 5.41) is 9.93. The van der Waals surface area contributed by atoms with Gasteiger partial charge in [-0.3, -0.25) is 9.78 Å². The van der Waals surface area contributed by atoms with Gasteiger partial charge in [0.2, 0.25) is 11.9 Å². The van der Waals surface area contributed by atoms with Crippen LogP contribution in [0.3, 0.4) is 0 Å². The number of rotatable bonds is 8. The maximum atomic E-state index is 12.6. The van der Waals surface area contributed by atoms with E-state index in [1.165, 1.54) is 0 Å². The molecule has 1 amide bonds. The molecule has 152 valence electrons. The van der Waals surface area contributed by atoms with E-state index in [4.69, 9.17) is 5.73 Å². The van der Waals surface area contributed by atoms with E-state index in [1.54, 1.807) is 6.20 Å². The minimum Gasteiger partial charge on any atom is -0.368 e. The topological polar surface area (TPSA) is 118 Å². The maximum absolute atomic E-state index is 12.6. The molecule has 3 rings (SSSR count). The van der Waals surface area contributed by atoms with E-state index >= 15 is 0 Å². The van der Waals surface area contributed by atoms with Gasteiger partial charge in [-0.25, -0.2) is 4.98 Å². The van der Waals surface area contributed by atoms with E-state index in [0.29, 0.717) is 23.4 Å². The van der Waals surface area contributed by atoms with E-state index in [-0.39, 0.29) is 23.4 Å². The largest absolute Gasteiger partial charge is 0.368 e. The molecular weight excluding hydrogens is 354 g/mol. The van der Waals surface area contributed by atoms with E-state index in [2.05, 4.69) is 44.7 Å². The molecule has 1 saturated heterocycles. The quantitative estimate of drug-likeness (QED) is 0.550. The summed E-state index contributed by atoms with van der Waals surface area (Å²) >= 11 is 0. The molecule has 8 heteroatoms. The molecule has 2 atom stereocenters. The highest BCUT2D eigenvalue weighted by atomic mass is 16.2. The summed E-state index contributed by atoms with van der Waals surface area (Å²) in [6.07, 6.45) is 7.82. The highest BCUT2D eigenvalue weighted by molar-refractivity contribution is 5.86. The molecular formula is C20H31N7O. The van der Waals surface area contributed by atoms with Crippen LogP contribution in [0.5, 0.6) is 0 Å². The van der Waals surface area contributed by atoms with Crippen LogP contribution in [0.25, 0.3) is 11.0 Å².